The minimum atomic E-state index is -1.11. The van der Waals surface area contributed by atoms with Crippen LogP contribution in [0.3, 0.4) is 0 Å². The maximum atomic E-state index is 12.0. The average molecular weight is 271 g/mol. The highest BCUT2D eigenvalue weighted by Crippen LogP contribution is 2.22. The first-order valence-corrected chi connectivity index (χ1v) is 6.09. The first-order valence-electron chi connectivity index (χ1n) is 4.94. The molecule has 1 amide bonds. The fourth-order valence-corrected chi connectivity index (χ4v) is 2.73. The number of aromatic amines is 2. The monoisotopic (exact) mass is 271 g/mol. The number of carbonyl (C=O) groups excluding carboxylic acids is 1. The second-order valence-corrected chi connectivity index (χ2v) is 4.63. The van der Waals surface area contributed by atoms with Gasteiger partial charge in [0.15, 0.2) is 0 Å². The molecule has 2 rings (SSSR count). The number of hydrogen-bond acceptors (Lipinski definition) is 5. The van der Waals surface area contributed by atoms with Gasteiger partial charge in [0.25, 0.3) is 11.5 Å². The van der Waals surface area contributed by atoms with E-state index in [0.29, 0.717) is 0 Å². The summed E-state index contributed by atoms with van der Waals surface area (Å²) in [6.45, 7) is 0. The average Bonchev–Trinajstić information content (AvgIpc) is 2.75. The lowest BCUT2D eigenvalue weighted by atomic mass is 10.2. The molecule has 1 aromatic rings. The number of carboxylic acid groups (broad SMARTS) is 1. The Morgan fingerprint density at radius 2 is 2.11 bits per heavy atom. The molecule has 1 atom stereocenters. The number of rotatable bonds is 2. The third-order valence-corrected chi connectivity index (χ3v) is 3.43. The standard InChI is InChI=1S/C9H9N3O5S/c13-6-1-4(10-9(17)11-6)7(14)12-3-18-2-5(12)8(15)16/h1,5H,2-3H2,(H,15,16)(H2,10,11,13,17). The van der Waals surface area contributed by atoms with E-state index in [1.807, 2.05) is 4.98 Å². The van der Waals surface area contributed by atoms with Gasteiger partial charge in [-0.05, 0) is 0 Å². The maximum absolute atomic E-state index is 12.0. The Bertz CT molecular complexity index is 578. The number of nitrogens with zero attached hydrogens (tertiary/aromatic N) is 1. The van der Waals surface area contributed by atoms with Crippen LogP contribution in [0.2, 0.25) is 0 Å². The van der Waals surface area contributed by atoms with Crippen molar-refractivity contribution in [2.45, 2.75) is 6.04 Å². The second-order valence-electron chi connectivity index (χ2n) is 3.63. The van der Waals surface area contributed by atoms with Crippen molar-refractivity contribution in [3.05, 3.63) is 32.6 Å². The molecule has 1 aliphatic heterocycles. The van der Waals surface area contributed by atoms with E-state index < -0.39 is 29.2 Å². The molecule has 1 aliphatic rings. The van der Waals surface area contributed by atoms with Gasteiger partial charge >= 0.3 is 11.7 Å². The number of amides is 1. The number of nitrogens with one attached hydrogen (secondary N) is 2. The normalized spacial score (nSPS) is 18.9. The summed E-state index contributed by atoms with van der Waals surface area (Å²) < 4.78 is 0. The zero-order chi connectivity index (χ0) is 13.3. The van der Waals surface area contributed by atoms with Crippen LogP contribution < -0.4 is 11.2 Å². The summed E-state index contributed by atoms with van der Waals surface area (Å²) in [7, 11) is 0. The Hall–Kier alpha value is -2.03. The molecule has 2 heterocycles. The van der Waals surface area contributed by atoms with E-state index in [9.17, 15) is 19.2 Å². The zero-order valence-electron chi connectivity index (χ0n) is 9.00. The molecule has 0 bridgehead atoms. The number of aliphatic carboxylic acids is 1. The Kier molecular flexibility index (Phi) is 3.24. The van der Waals surface area contributed by atoms with Gasteiger partial charge in [-0.15, -0.1) is 11.8 Å². The van der Waals surface area contributed by atoms with Crippen molar-refractivity contribution in [1.29, 1.82) is 0 Å². The van der Waals surface area contributed by atoms with Crippen LogP contribution in [0, 0.1) is 0 Å². The SMILES string of the molecule is O=C(O)C1CSCN1C(=O)c1cc(=O)[nH]c(=O)[nH]1. The minimum Gasteiger partial charge on any atom is -0.480 e. The van der Waals surface area contributed by atoms with Crippen molar-refractivity contribution in [3.63, 3.8) is 0 Å². The summed E-state index contributed by atoms with van der Waals surface area (Å²) in [5, 5.41) is 8.94. The number of aromatic nitrogens is 2. The summed E-state index contributed by atoms with van der Waals surface area (Å²) in [6.07, 6.45) is 0. The van der Waals surface area contributed by atoms with E-state index in [4.69, 9.17) is 5.11 Å². The van der Waals surface area contributed by atoms with Gasteiger partial charge in [0.1, 0.15) is 11.7 Å². The lowest BCUT2D eigenvalue weighted by Crippen LogP contribution is -2.43. The van der Waals surface area contributed by atoms with Crippen molar-refractivity contribution in [2.24, 2.45) is 0 Å². The van der Waals surface area contributed by atoms with Crippen molar-refractivity contribution < 1.29 is 14.7 Å². The quantitative estimate of drug-likeness (QED) is 0.612. The lowest BCUT2D eigenvalue weighted by Gasteiger charge is -2.19. The zero-order valence-corrected chi connectivity index (χ0v) is 9.82. The van der Waals surface area contributed by atoms with E-state index in [1.165, 1.54) is 11.8 Å². The van der Waals surface area contributed by atoms with Crippen LogP contribution in [0.4, 0.5) is 0 Å². The summed E-state index contributed by atoms with van der Waals surface area (Å²) >= 11 is 1.30. The van der Waals surface area contributed by atoms with E-state index in [0.717, 1.165) is 11.0 Å². The van der Waals surface area contributed by atoms with Crippen molar-refractivity contribution in [3.8, 4) is 0 Å². The van der Waals surface area contributed by atoms with Gasteiger partial charge in [-0.3, -0.25) is 14.6 Å². The summed E-state index contributed by atoms with van der Waals surface area (Å²) in [5.41, 5.74) is -1.72. The molecule has 1 unspecified atom stereocenters. The Labute approximate surface area is 104 Å². The lowest BCUT2D eigenvalue weighted by molar-refractivity contribution is -0.140. The fraction of sp³-hybridized carbons (Fsp3) is 0.333. The predicted octanol–water partition coefficient (Wildman–Crippen LogP) is -1.34. The third kappa shape index (κ3) is 2.30. The number of carboxylic acids is 1. The summed E-state index contributed by atoms with van der Waals surface area (Å²) in [6, 6.07) is -0.00341. The molecule has 0 saturated carbocycles. The van der Waals surface area contributed by atoms with E-state index in [2.05, 4.69) is 4.98 Å². The summed E-state index contributed by atoms with van der Waals surface area (Å²) in [5.74, 6) is -1.28. The number of carbonyl (C=O) groups is 2. The van der Waals surface area contributed by atoms with Gasteiger partial charge in [-0.25, -0.2) is 9.59 Å². The number of H-pyrrole nitrogens is 2. The molecule has 0 aromatic carbocycles. The van der Waals surface area contributed by atoms with Crippen LogP contribution in [-0.2, 0) is 4.79 Å². The van der Waals surface area contributed by atoms with Gasteiger partial charge in [-0.2, -0.15) is 0 Å². The fourth-order valence-electron chi connectivity index (χ4n) is 1.59. The van der Waals surface area contributed by atoms with Crippen LogP contribution in [0.1, 0.15) is 10.5 Å². The largest absolute Gasteiger partial charge is 0.480 e. The Morgan fingerprint density at radius 3 is 2.72 bits per heavy atom. The molecule has 0 aliphatic carbocycles. The van der Waals surface area contributed by atoms with Crippen LogP contribution in [0.25, 0.3) is 0 Å². The van der Waals surface area contributed by atoms with Crippen molar-refractivity contribution in [2.75, 3.05) is 11.6 Å². The molecular weight excluding hydrogens is 262 g/mol. The van der Waals surface area contributed by atoms with Gasteiger partial charge in [0.05, 0.1) is 5.88 Å². The van der Waals surface area contributed by atoms with Crippen LogP contribution in [-0.4, -0.2) is 49.5 Å². The van der Waals surface area contributed by atoms with Crippen LogP contribution in [0.5, 0.6) is 0 Å². The molecular formula is C9H9N3O5S. The van der Waals surface area contributed by atoms with Gasteiger partial charge < -0.3 is 15.0 Å². The molecule has 1 saturated heterocycles. The topological polar surface area (TPSA) is 123 Å². The molecule has 9 heteroatoms. The molecule has 8 nitrogen and oxygen atoms in total. The number of hydrogen-bond donors (Lipinski definition) is 3. The Morgan fingerprint density at radius 1 is 1.39 bits per heavy atom. The van der Waals surface area contributed by atoms with E-state index in [1.54, 1.807) is 0 Å². The van der Waals surface area contributed by atoms with E-state index in [-0.39, 0.29) is 17.3 Å². The minimum absolute atomic E-state index is 0.211. The number of thioether (sulfide) groups is 1. The highest BCUT2D eigenvalue weighted by molar-refractivity contribution is 7.99. The van der Waals surface area contributed by atoms with Crippen LogP contribution >= 0.6 is 11.8 Å². The predicted molar refractivity (Wildman–Crippen MR) is 62.6 cm³/mol. The van der Waals surface area contributed by atoms with E-state index >= 15 is 0 Å². The van der Waals surface area contributed by atoms with Gasteiger partial charge in [-0.1, -0.05) is 0 Å². The van der Waals surface area contributed by atoms with Gasteiger partial charge in [0.2, 0.25) is 0 Å². The first-order chi connectivity index (χ1) is 8.49. The molecule has 18 heavy (non-hydrogen) atoms. The molecule has 96 valence electrons. The third-order valence-electron chi connectivity index (χ3n) is 2.42. The van der Waals surface area contributed by atoms with Crippen molar-refractivity contribution in [1.82, 2.24) is 14.9 Å². The Balaban J connectivity index is 2.33. The molecule has 3 N–H and O–H groups in total. The van der Waals surface area contributed by atoms with Gasteiger partial charge in [0, 0.05) is 11.8 Å². The molecule has 1 aromatic heterocycles. The molecule has 0 radical (unpaired) electrons. The highest BCUT2D eigenvalue weighted by atomic mass is 32.2. The summed E-state index contributed by atoms with van der Waals surface area (Å²) in [4.78, 5) is 50.3. The molecule has 0 spiro atoms. The smallest absolute Gasteiger partial charge is 0.327 e. The second kappa shape index (κ2) is 4.69. The highest BCUT2D eigenvalue weighted by Gasteiger charge is 2.35. The van der Waals surface area contributed by atoms with Crippen LogP contribution in [0.15, 0.2) is 15.7 Å². The maximum Gasteiger partial charge on any atom is 0.327 e. The first kappa shape index (κ1) is 12.4. The van der Waals surface area contributed by atoms with Crippen molar-refractivity contribution >= 4 is 23.6 Å². The molecule has 1 fully saturated rings.